The summed E-state index contributed by atoms with van der Waals surface area (Å²) in [5, 5.41) is 0.142. The topological polar surface area (TPSA) is 42.4 Å². The molecule has 0 bridgehead atoms. The lowest BCUT2D eigenvalue weighted by atomic mass is 10.3. The zero-order chi connectivity index (χ0) is 15.5. The van der Waals surface area contributed by atoms with Crippen molar-refractivity contribution in [1.82, 2.24) is 4.98 Å². The molecule has 0 spiro atoms. The quantitative estimate of drug-likeness (QED) is 0.738. The van der Waals surface area contributed by atoms with Gasteiger partial charge in [0, 0.05) is 12.7 Å². The summed E-state index contributed by atoms with van der Waals surface area (Å²) in [5.74, 6) is -0.773. The number of hydrogen-bond acceptors (Lipinski definition) is 4. The Morgan fingerprint density at radius 3 is 2.59 bits per heavy atom. The number of benzene rings is 2. The SMILES string of the molecule is CN(C(=O)C(F)Oc1nc2ccccc2s1)c1ccccc1. The summed E-state index contributed by atoms with van der Waals surface area (Å²) < 4.78 is 20.0. The minimum absolute atomic E-state index is 0.142. The molecule has 0 aliphatic heterocycles. The molecule has 3 rings (SSSR count). The third kappa shape index (κ3) is 2.92. The van der Waals surface area contributed by atoms with Gasteiger partial charge in [-0.15, -0.1) is 0 Å². The Balaban J connectivity index is 1.73. The molecular formula is C16H13FN2O2S. The number of carbonyl (C=O) groups excluding carboxylic acids is 1. The molecule has 112 valence electrons. The number of hydrogen-bond donors (Lipinski definition) is 0. The predicted molar refractivity (Wildman–Crippen MR) is 85.0 cm³/mol. The first-order valence-electron chi connectivity index (χ1n) is 6.64. The highest BCUT2D eigenvalue weighted by molar-refractivity contribution is 7.20. The number of ether oxygens (including phenoxy) is 1. The number of alkyl halides is 1. The summed E-state index contributed by atoms with van der Waals surface area (Å²) >= 11 is 1.21. The second-order valence-corrected chi connectivity index (χ2v) is 5.61. The largest absolute Gasteiger partial charge is 0.426 e. The molecule has 1 aromatic heterocycles. The van der Waals surface area contributed by atoms with Crippen molar-refractivity contribution in [2.75, 3.05) is 11.9 Å². The number of nitrogens with zero attached hydrogens (tertiary/aromatic N) is 2. The number of fused-ring (bicyclic) bond motifs is 1. The van der Waals surface area contributed by atoms with Crippen molar-refractivity contribution in [1.29, 1.82) is 0 Å². The maximum Gasteiger partial charge on any atom is 0.319 e. The Morgan fingerprint density at radius 2 is 1.86 bits per heavy atom. The van der Waals surface area contributed by atoms with Crippen molar-refractivity contribution >= 4 is 33.1 Å². The van der Waals surface area contributed by atoms with E-state index >= 15 is 0 Å². The molecule has 4 nitrogen and oxygen atoms in total. The zero-order valence-corrected chi connectivity index (χ0v) is 12.6. The van der Waals surface area contributed by atoms with E-state index in [0.717, 1.165) is 10.2 Å². The number of anilines is 1. The number of para-hydroxylation sites is 2. The maximum absolute atomic E-state index is 14.1. The first-order chi connectivity index (χ1) is 10.6. The normalized spacial score (nSPS) is 12.1. The van der Waals surface area contributed by atoms with Crippen LogP contribution in [0.2, 0.25) is 0 Å². The van der Waals surface area contributed by atoms with Gasteiger partial charge in [0.05, 0.1) is 10.2 Å². The molecule has 22 heavy (non-hydrogen) atoms. The molecule has 2 aromatic carbocycles. The van der Waals surface area contributed by atoms with Crippen LogP contribution in [0.1, 0.15) is 0 Å². The van der Waals surface area contributed by atoms with Crippen LogP contribution in [0.3, 0.4) is 0 Å². The second-order valence-electron chi connectivity index (χ2n) is 4.61. The monoisotopic (exact) mass is 316 g/mol. The summed E-state index contributed by atoms with van der Waals surface area (Å²) in [6, 6.07) is 16.2. The molecular weight excluding hydrogens is 303 g/mol. The van der Waals surface area contributed by atoms with Crippen LogP contribution in [0.15, 0.2) is 54.6 Å². The molecule has 6 heteroatoms. The average molecular weight is 316 g/mol. The number of aromatic nitrogens is 1. The first-order valence-corrected chi connectivity index (χ1v) is 7.46. The molecule has 0 aliphatic carbocycles. The molecule has 0 saturated carbocycles. The van der Waals surface area contributed by atoms with Crippen molar-refractivity contribution < 1.29 is 13.9 Å². The smallest absolute Gasteiger partial charge is 0.319 e. The molecule has 1 unspecified atom stereocenters. The molecule has 1 heterocycles. The molecule has 0 radical (unpaired) electrons. The van der Waals surface area contributed by atoms with E-state index in [4.69, 9.17) is 4.74 Å². The summed E-state index contributed by atoms with van der Waals surface area (Å²) in [4.78, 5) is 17.4. The summed E-state index contributed by atoms with van der Waals surface area (Å²) in [7, 11) is 1.51. The van der Waals surface area contributed by atoms with Crippen LogP contribution >= 0.6 is 11.3 Å². The highest BCUT2D eigenvalue weighted by Gasteiger charge is 2.25. The lowest BCUT2D eigenvalue weighted by molar-refractivity contribution is -0.132. The van der Waals surface area contributed by atoms with Gasteiger partial charge in [0.1, 0.15) is 0 Å². The minimum Gasteiger partial charge on any atom is -0.426 e. The van der Waals surface area contributed by atoms with Crippen LogP contribution in [0.5, 0.6) is 5.19 Å². The number of rotatable bonds is 4. The molecule has 0 saturated heterocycles. The lowest BCUT2D eigenvalue weighted by Crippen LogP contribution is -2.37. The Bertz CT molecular complexity index is 758. The van der Waals surface area contributed by atoms with E-state index in [-0.39, 0.29) is 5.19 Å². The third-order valence-electron chi connectivity index (χ3n) is 3.15. The highest BCUT2D eigenvalue weighted by atomic mass is 32.1. The highest BCUT2D eigenvalue weighted by Crippen LogP contribution is 2.28. The summed E-state index contributed by atoms with van der Waals surface area (Å²) in [6.07, 6.45) is -2.09. The fourth-order valence-electron chi connectivity index (χ4n) is 1.97. The van der Waals surface area contributed by atoms with Gasteiger partial charge in [-0.2, -0.15) is 4.39 Å². The number of amides is 1. The van der Waals surface area contributed by atoms with E-state index in [1.807, 2.05) is 30.3 Å². The van der Waals surface area contributed by atoms with Crippen LogP contribution in [-0.2, 0) is 4.79 Å². The van der Waals surface area contributed by atoms with Crippen molar-refractivity contribution in [2.24, 2.45) is 0 Å². The Hall–Kier alpha value is -2.47. The number of likely N-dealkylation sites (N-methyl/N-ethyl adjacent to an activating group) is 1. The van der Waals surface area contributed by atoms with E-state index in [0.29, 0.717) is 5.69 Å². The van der Waals surface area contributed by atoms with Gasteiger partial charge in [-0.25, -0.2) is 4.98 Å². The van der Waals surface area contributed by atoms with Gasteiger partial charge >= 0.3 is 12.3 Å². The van der Waals surface area contributed by atoms with Gasteiger partial charge < -0.3 is 9.64 Å². The van der Waals surface area contributed by atoms with E-state index in [1.54, 1.807) is 24.3 Å². The summed E-state index contributed by atoms with van der Waals surface area (Å²) in [5.41, 5.74) is 1.32. The molecule has 3 aromatic rings. The number of halogens is 1. The molecule has 1 atom stereocenters. The predicted octanol–water partition coefficient (Wildman–Crippen LogP) is 3.63. The molecule has 0 fully saturated rings. The van der Waals surface area contributed by atoms with E-state index in [1.165, 1.54) is 23.3 Å². The average Bonchev–Trinajstić information content (AvgIpc) is 2.96. The third-order valence-corrected chi connectivity index (χ3v) is 4.07. The minimum atomic E-state index is -2.09. The molecule has 0 N–H and O–H groups in total. The van der Waals surface area contributed by atoms with Crippen molar-refractivity contribution in [3.05, 3.63) is 54.6 Å². The first kappa shape index (κ1) is 14.5. The van der Waals surface area contributed by atoms with E-state index in [9.17, 15) is 9.18 Å². The van der Waals surface area contributed by atoms with Crippen molar-refractivity contribution in [2.45, 2.75) is 6.36 Å². The van der Waals surface area contributed by atoms with Crippen LogP contribution in [0.25, 0.3) is 10.2 Å². The fourth-order valence-corrected chi connectivity index (χ4v) is 2.80. The van der Waals surface area contributed by atoms with E-state index < -0.39 is 12.3 Å². The van der Waals surface area contributed by atoms with Gasteiger partial charge in [-0.3, -0.25) is 4.79 Å². The van der Waals surface area contributed by atoms with Crippen molar-refractivity contribution in [3.63, 3.8) is 0 Å². The number of carbonyl (C=O) groups is 1. The number of thiazole rings is 1. The Labute approximate surface area is 130 Å². The van der Waals surface area contributed by atoms with Gasteiger partial charge in [0.15, 0.2) is 0 Å². The zero-order valence-electron chi connectivity index (χ0n) is 11.8. The Kier molecular flexibility index (Phi) is 4.02. The van der Waals surface area contributed by atoms with Gasteiger partial charge in [-0.05, 0) is 24.3 Å². The van der Waals surface area contributed by atoms with Crippen molar-refractivity contribution in [3.8, 4) is 5.19 Å². The standard InChI is InChI=1S/C16H13FN2O2S/c1-19(11-7-3-2-4-8-11)15(20)14(17)21-16-18-12-9-5-6-10-13(12)22-16/h2-10,14H,1H3. The van der Waals surface area contributed by atoms with Crippen LogP contribution in [0.4, 0.5) is 10.1 Å². The van der Waals surface area contributed by atoms with Crippen LogP contribution in [0, 0.1) is 0 Å². The summed E-state index contributed by atoms with van der Waals surface area (Å²) in [6.45, 7) is 0. The molecule has 0 aliphatic rings. The molecule has 1 amide bonds. The lowest BCUT2D eigenvalue weighted by Gasteiger charge is -2.19. The van der Waals surface area contributed by atoms with Gasteiger partial charge in [0.2, 0.25) is 0 Å². The van der Waals surface area contributed by atoms with Gasteiger partial charge in [0.25, 0.3) is 5.19 Å². The van der Waals surface area contributed by atoms with Crippen LogP contribution < -0.4 is 9.64 Å². The van der Waals surface area contributed by atoms with Gasteiger partial charge in [-0.1, -0.05) is 41.7 Å². The maximum atomic E-state index is 14.1. The van der Waals surface area contributed by atoms with E-state index in [2.05, 4.69) is 4.98 Å². The Morgan fingerprint density at radius 1 is 1.18 bits per heavy atom. The second kappa shape index (κ2) is 6.11. The van der Waals surface area contributed by atoms with Crippen LogP contribution in [-0.4, -0.2) is 24.3 Å². The fraction of sp³-hybridized carbons (Fsp3) is 0.125.